The van der Waals surface area contributed by atoms with Crippen LogP contribution in [-0.4, -0.2) is 59.8 Å². The van der Waals surface area contributed by atoms with Crippen LogP contribution < -0.4 is 5.73 Å². The number of ether oxygens (including phenoxy) is 1. The molecule has 1 saturated heterocycles. The minimum absolute atomic E-state index is 0.270. The molecule has 1 aliphatic heterocycles. The molecule has 9 nitrogen and oxygen atoms in total. The highest BCUT2D eigenvalue weighted by molar-refractivity contribution is 5.81. The van der Waals surface area contributed by atoms with Gasteiger partial charge < -0.3 is 25.8 Å². The number of aromatic nitrogens is 4. The number of nitrogens with two attached hydrogens (primary N) is 1. The van der Waals surface area contributed by atoms with Crippen LogP contribution in [0.1, 0.15) is 31.8 Å². The normalized spacial score (nSPS) is 27.8. The van der Waals surface area contributed by atoms with Crippen molar-refractivity contribution in [3.63, 3.8) is 0 Å². The summed E-state index contributed by atoms with van der Waals surface area (Å²) in [5.41, 5.74) is 6.80. The standard InChI is InChI=1S/C14H21N5O4/c1-2-3-4-8-17-12(15)9-13(18-8)19(6-16-9)14-11(22)10(21)7(5-20)23-14/h6-7,10-11,14,20-22H,2-5H2,1H3,(H2,15,17,18)/t7-,10-,11-,14-/m1/s1. The molecule has 2 aromatic rings. The van der Waals surface area contributed by atoms with Crippen molar-refractivity contribution in [2.24, 2.45) is 0 Å². The smallest absolute Gasteiger partial charge is 0.167 e. The van der Waals surface area contributed by atoms with E-state index in [1.165, 1.54) is 10.9 Å². The van der Waals surface area contributed by atoms with Crippen LogP contribution in [0.3, 0.4) is 0 Å². The fourth-order valence-electron chi connectivity index (χ4n) is 2.73. The number of nitrogen functional groups attached to an aromatic ring is 1. The van der Waals surface area contributed by atoms with Gasteiger partial charge in [0.1, 0.15) is 29.7 Å². The quantitative estimate of drug-likeness (QED) is 0.570. The van der Waals surface area contributed by atoms with E-state index in [4.69, 9.17) is 10.5 Å². The second kappa shape index (κ2) is 6.36. The summed E-state index contributed by atoms with van der Waals surface area (Å²) in [5, 5.41) is 29.3. The molecule has 9 heteroatoms. The van der Waals surface area contributed by atoms with Gasteiger partial charge in [-0.15, -0.1) is 0 Å². The van der Waals surface area contributed by atoms with E-state index in [0.29, 0.717) is 23.4 Å². The predicted molar refractivity (Wildman–Crippen MR) is 81.4 cm³/mol. The number of imidazole rings is 1. The van der Waals surface area contributed by atoms with Crippen LogP contribution in [0.25, 0.3) is 11.2 Å². The summed E-state index contributed by atoms with van der Waals surface area (Å²) in [4.78, 5) is 12.9. The lowest BCUT2D eigenvalue weighted by molar-refractivity contribution is -0.0511. The number of anilines is 1. The fourth-order valence-corrected chi connectivity index (χ4v) is 2.73. The zero-order valence-corrected chi connectivity index (χ0v) is 12.8. The highest BCUT2D eigenvalue weighted by atomic mass is 16.6. The molecule has 23 heavy (non-hydrogen) atoms. The van der Waals surface area contributed by atoms with Gasteiger partial charge in [0.05, 0.1) is 12.9 Å². The molecule has 0 bridgehead atoms. The van der Waals surface area contributed by atoms with E-state index in [0.717, 1.165) is 12.8 Å². The second-order valence-electron chi connectivity index (χ2n) is 5.68. The van der Waals surface area contributed by atoms with Crippen LogP contribution in [0.4, 0.5) is 5.82 Å². The van der Waals surface area contributed by atoms with Crippen molar-refractivity contribution >= 4 is 17.0 Å². The maximum atomic E-state index is 10.2. The topological polar surface area (TPSA) is 140 Å². The molecule has 3 rings (SSSR count). The van der Waals surface area contributed by atoms with Crippen molar-refractivity contribution in [2.75, 3.05) is 12.3 Å². The summed E-state index contributed by atoms with van der Waals surface area (Å²) in [7, 11) is 0. The van der Waals surface area contributed by atoms with E-state index in [1.807, 2.05) is 0 Å². The number of unbranched alkanes of at least 4 members (excludes halogenated alkanes) is 1. The van der Waals surface area contributed by atoms with Gasteiger partial charge in [0.25, 0.3) is 0 Å². The van der Waals surface area contributed by atoms with Gasteiger partial charge in [0, 0.05) is 6.42 Å². The van der Waals surface area contributed by atoms with Crippen LogP contribution in [0.2, 0.25) is 0 Å². The monoisotopic (exact) mass is 323 g/mol. The van der Waals surface area contributed by atoms with Crippen molar-refractivity contribution in [1.82, 2.24) is 19.5 Å². The first-order valence-electron chi connectivity index (χ1n) is 7.68. The molecule has 0 spiro atoms. The van der Waals surface area contributed by atoms with Gasteiger partial charge in [0.15, 0.2) is 17.7 Å². The van der Waals surface area contributed by atoms with E-state index in [-0.39, 0.29) is 12.4 Å². The number of hydrogen-bond donors (Lipinski definition) is 4. The lowest BCUT2D eigenvalue weighted by Gasteiger charge is -2.16. The van der Waals surface area contributed by atoms with Crippen molar-refractivity contribution in [3.8, 4) is 0 Å². The van der Waals surface area contributed by atoms with Crippen LogP contribution in [0.15, 0.2) is 6.33 Å². The lowest BCUT2D eigenvalue weighted by Crippen LogP contribution is -2.33. The summed E-state index contributed by atoms with van der Waals surface area (Å²) >= 11 is 0. The molecule has 5 N–H and O–H groups in total. The first-order chi connectivity index (χ1) is 11.1. The van der Waals surface area contributed by atoms with Gasteiger partial charge in [0.2, 0.25) is 0 Å². The Kier molecular flexibility index (Phi) is 4.44. The van der Waals surface area contributed by atoms with Crippen molar-refractivity contribution in [1.29, 1.82) is 0 Å². The number of aryl methyl sites for hydroxylation is 1. The third kappa shape index (κ3) is 2.76. The Bertz CT molecular complexity index is 691. The SMILES string of the molecule is CCCCc1nc(N)c2ncn([C@@H]3O[C@H](CO)[C@@H](O)[C@H]3O)c2n1. The Morgan fingerprint density at radius 1 is 1.30 bits per heavy atom. The van der Waals surface area contributed by atoms with Crippen molar-refractivity contribution in [2.45, 2.75) is 50.7 Å². The Hall–Kier alpha value is -1.81. The van der Waals surface area contributed by atoms with E-state index >= 15 is 0 Å². The van der Waals surface area contributed by atoms with Crippen LogP contribution >= 0.6 is 0 Å². The zero-order valence-electron chi connectivity index (χ0n) is 12.8. The zero-order chi connectivity index (χ0) is 16.6. The molecule has 0 amide bonds. The Morgan fingerprint density at radius 2 is 2.09 bits per heavy atom. The predicted octanol–water partition coefficient (Wildman–Crippen LogP) is -0.637. The van der Waals surface area contributed by atoms with E-state index in [2.05, 4.69) is 21.9 Å². The number of aliphatic hydroxyl groups is 3. The Labute approximate surface area is 132 Å². The molecule has 0 aromatic carbocycles. The molecule has 1 aliphatic rings. The van der Waals surface area contributed by atoms with Crippen molar-refractivity contribution in [3.05, 3.63) is 12.2 Å². The average molecular weight is 323 g/mol. The van der Waals surface area contributed by atoms with E-state index in [9.17, 15) is 15.3 Å². The Morgan fingerprint density at radius 3 is 2.74 bits per heavy atom. The molecule has 0 saturated carbocycles. The largest absolute Gasteiger partial charge is 0.394 e. The molecule has 0 unspecified atom stereocenters. The maximum absolute atomic E-state index is 10.2. The minimum atomic E-state index is -1.19. The third-order valence-electron chi connectivity index (χ3n) is 4.04. The van der Waals surface area contributed by atoms with Gasteiger partial charge in [-0.2, -0.15) is 0 Å². The number of hydrogen-bond acceptors (Lipinski definition) is 8. The summed E-state index contributed by atoms with van der Waals surface area (Å²) in [6.45, 7) is 1.69. The molecule has 3 heterocycles. The molecule has 126 valence electrons. The second-order valence-corrected chi connectivity index (χ2v) is 5.68. The van der Waals surface area contributed by atoms with Gasteiger partial charge in [-0.25, -0.2) is 15.0 Å². The number of nitrogens with zero attached hydrogens (tertiary/aromatic N) is 4. The summed E-state index contributed by atoms with van der Waals surface area (Å²) in [6, 6.07) is 0. The van der Waals surface area contributed by atoms with Crippen molar-refractivity contribution < 1.29 is 20.1 Å². The molecular formula is C14H21N5O4. The van der Waals surface area contributed by atoms with Gasteiger partial charge >= 0.3 is 0 Å². The summed E-state index contributed by atoms with van der Waals surface area (Å²) < 4.78 is 7.04. The minimum Gasteiger partial charge on any atom is -0.394 e. The van der Waals surface area contributed by atoms with E-state index < -0.39 is 24.5 Å². The molecule has 4 atom stereocenters. The molecule has 0 radical (unpaired) electrons. The number of aliphatic hydroxyl groups excluding tert-OH is 3. The first kappa shape index (κ1) is 16.1. The highest BCUT2D eigenvalue weighted by Crippen LogP contribution is 2.31. The van der Waals surface area contributed by atoms with E-state index in [1.54, 1.807) is 0 Å². The third-order valence-corrected chi connectivity index (χ3v) is 4.04. The molecular weight excluding hydrogens is 302 g/mol. The Balaban J connectivity index is 1.99. The maximum Gasteiger partial charge on any atom is 0.167 e. The number of fused-ring (bicyclic) bond motifs is 1. The summed E-state index contributed by atoms with van der Waals surface area (Å²) in [6.07, 6.45) is -0.0348. The van der Waals surface area contributed by atoms with Crippen LogP contribution in [0.5, 0.6) is 0 Å². The van der Waals surface area contributed by atoms with Gasteiger partial charge in [-0.1, -0.05) is 13.3 Å². The fraction of sp³-hybridized carbons (Fsp3) is 0.643. The van der Waals surface area contributed by atoms with Crippen LogP contribution in [0, 0.1) is 0 Å². The molecule has 2 aromatic heterocycles. The average Bonchev–Trinajstić information content (AvgIpc) is 3.08. The van der Waals surface area contributed by atoms with Crippen LogP contribution in [-0.2, 0) is 11.2 Å². The number of rotatable bonds is 5. The highest BCUT2D eigenvalue weighted by Gasteiger charge is 2.44. The molecule has 1 fully saturated rings. The first-order valence-corrected chi connectivity index (χ1v) is 7.68. The van der Waals surface area contributed by atoms with Gasteiger partial charge in [-0.3, -0.25) is 4.57 Å². The summed E-state index contributed by atoms with van der Waals surface area (Å²) in [5.74, 6) is 0.872. The van der Waals surface area contributed by atoms with Gasteiger partial charge in [-0.05, 0) is 6.42 Å². The lowest BCUT2D eigenvalue weighted by atomic mass is 10.1. The molecule has 0 aliphatic carbocycles.